The molecule has 0 saturated carbocycles. The Morgan fingerprint density at radius 1 is 1.00 bits per heavy atom. The zero-order chi connectivity index (χ0) is 24.5. The third kappa shape index (κ3) is 4.56. The van der Waals surface area contributed by atoms with E-state index in [1.807, 2.05) is 4.57 Å². The highest BCUT2D eigenvalue weighted by Gasteiger charge is 2.30. The van der Waals surface area contributed by atoms with Gasteiger partial charge in [0.2, 0.25) is 5.95 Å². The fourth-order valence-electron chi connectivity index (χ4n) is 5.57. The zero-order valence-electron chi connectivity index (χ0n) is 21.4. The molecule has 0 bridgehead atoms. The van der Waals surface area contributed by atoms with Gasteiger partial charge in [0.05, 0.1) is 0 Å². The van der Waals surface area contributed by atoms with Gasteiger partial charge in [0, 0.05) is 38.9 Å². The van der Waals surface area contributed by atoms with E-state index in [4.69, 9.17) is 4.98 Å². The van der Waals surface area contributed by atoms with Crippen LogP contribution in [0.1, 0.15) is 51.5 Å². The van der Waals surface area contributed by atoms with Crippen molar-refractivity contribution in [3.63, 3.8) is 0 Å². The molecule has 8 heteroatoms. The Hall–Kier alpha value is -2.87. The fraction of sp³-hybridized carbons (Fsp3) is 0.593. The summed E-state index contributed by atoms with van der Waals surface area (Å²) in [5, 5.41) is 0. The van der Waals surface area contributed by atoms with Crippen molar-refractivity contribution >= 4 is 22.8 Å². The number of anilines is 2. The topological polar surface area (TPSA) is 68.3 Å². The molecule has 0 unspecified atom stereocenters. The molecule has 1 fully saturated rings. The highest BCUT2D eigenvalue weighted by Crippen LogP contribution is 2.33. The zero-order valence-corrected chi connectivity index (χ0v) is 21.4. The molecule has 2 aliphatic heterocycles. The van der Waals surface area contributed by atoms with Gasteiger partial charge in [-0.2, -0.15) is 4.98 Å². The molecule has 4 heterocycles. The molecule has 2 aromatic heterocycles. The van der Waals surface area contributed by atoms with Crippen molar-refractivity contribution in [2.75, 3.05) is 31.1 Å². The van der Waals surface area contributed by atoms with Crippen molar-refractivity contribution in [2.45, 2.75) is 65.5 Å². The van der Waals surface area contributed by atoms with Gasteiger partial charge in [-0.3, -0.25) is 13.9 Å². The number of hydrogen-bond acceptors (Lipinski definition) is 5. The summed E-state index contributed by atoms with van der Waals surface area (Å²) in [5.41, 5.74) is 2.93. The summed E-state index contributed by atoms with van der Waals surface area (Å²) in [4.78, 5) is 36.2. The molecular weight excluding hydrogens is 440 g/mol. The maximum atomic E-state index is 13.7. The Kier molecular flexibility index (Phi) is 6.82. The van der Waals surface area contributed by atoms with E-state index in [0.29, 0.717) is 23.6 Å². The van der Waals surface area contributed by atoms with Crippen molar-refractivity contribution in [2.24, 2.45) is 13.0 Å². The lowest BCUT2D eigenvalue weighted by Gasteiger charge is -2.33. The molecule has 0 N–H and O–H groups in total. The largest absolute Gasteiger partial charge is 0.332 e. The minimum absolute atomic E-state index is 0.220. The standard InChI is InChI=1S/C27H38N6O2/c1-4-5-9-21-10-12-22(13-11-21)32-18-20(2)19-33-23-24(28-26(32)33)29(3)27(35)31(25(23)34)17-16-30-14-7-6-8-15-30/h10-13,20H,4-9,14-19H2,1-3H3/t20-/m0/s1. The first-order valence-electron chi connectivity index (χ1n) is 13.3. The van der Waals surface area contributed by atoms with Crippen LogP contribution in [-0.4, -0.2) is 49.8 Å². The average Bonchev–Trinajstić information content (AvgIpc) is 3.26. The number of likely N-dealkylation sites (tertiary alicyclic amines) is 1. The number of imidazole rings is 1. The summed E-state index contributed by atoms with van der Waals surface area (Å²) >= 11 is 0. The second-order valence-electron chi connectivity index (χ2n) is 10.4. The predicted molar refractivity (Wildman–Crippen MR) is 141 cm³/mol. The monoisotopic (exact) mass is 478 g/mol. The van der Waals surface area contributed by atoms with Crippen molar-refractivity contribution < 1.29 is 0 Å². The summed E-state index contributed by atoms with van der Waals surface area (Å²) in [6.07, 6.45) is 7.11. The van der Waals surface area contributed by atoms with E-state index in [9.17, 15) is 9.59 Å². The van der Waals surface area contributed by atoms with E-state index in [2.05, 4.69) is 47.9 Å². The van der Waals surface area contributed by atoms with Gasteiger partial charge in [0.1, 0.15) is 0 Å². The number of fused-ring (bicyclic) bond motifs is 3. The van der Waals surface area contributed by atoms with Crippen LogP contribution in [-0.2, 0) is 26.6 Å². The van der Waals surface area contributed by atoms with Crippen LogP contribution in [0.5, 0.6) is 0 Å². The first kappa shape index (κ1) is 23.9. The van der Waals surface area contributed by atoms with E-state index < -0.39 is 0 Å². The van der Waals surface area contributed by atoms with Crippen LogP contribution in [0.4, 0.5) is 11.6 Å². The first-order valence-corrected chi connectivity index (χ1v) is 13.3. The second-order valence-corrected chi connectivity index (χ2v) is 10.4. The van der Waals surface area contributed by atoms with Gasteiger partial charge in [0.15, 0.2) is 11.2 Å². The number of unbranched alkanes of at least 4 members (excludes halogenated alkanes) is 1. The quantitative estimate of drug-likeness (QED) is 0.520. The molecule has 2 aliphatic rings. The Morgan fingerprint density at radius 2 is 1.74 bits per heavy atom. The Labute approximate surface area is 206 Å². The van der Waals surface area contributed by atoms with E-state index in [0.717, 1.165) is 50.8 Å². The van der Waals surface area contributed by atoms with Gasteiger partial charge >= 0.3 is 5.69 Å². The van der Waals surface area contributed by atoms with Crippen molar-refractivity contribution in [1.82, 2.24) is 23.6 Å². The van der Waals surface area contributed by atoms with Gasteiger partial charge in [0.25, 0.3) is 5.56 Å². The van der Waals surface area contributed by atoms with Crippen molar-refractivity contribution in [1.29, 1.82) is 0 Å². The SMILES string of the molecule is CCCCc1ccc(N2C[C@H](C)Cn3c2nc2c3c(=O)n(CCN3CCCCC3)c(=O)n2C)cc1. The summed E-state index contributed by atoms with van der Waals surface area (Å²) in [6.45, 7) is 9.20. The van der Waals surface area contributed by atoms with Crippen LogP contribution in [0, 0.1) is 5.92 Å². The predicted octanol–water partition coefficient (Wildman–Crippen LogP) is 3.51. The van der Waals surface area contributed by atoms with Crippen molar-refractivity contribution in [3.05, 3.63) is 50.7 Å². The molecule has 0 spiro atoms. The molecule has 5 rings (SSSR count). The molecule has 0 aliphatic carbocycles. The van der Waals surface area contributed by atoms with Crippen molar-refractivity contribution in [3.8, 4) is 0 Å². The van der Waals surface area contributed by atoms with E-state index in [1.165, 1.54) is 42.2 Å². The normalized spacial score (nSPS) is 18.8. The number of aromatic nitrogens is 4. The first-order chi connectivity index (χ1) is 17.0. The van der Waals surface area contributed by atoms with E-state index in [-0.39, 0.29) is 11.2 Å². The molecular formula is C27H38N6O2. The van der Waals surface area contributed by atoms with Gasteiger partial charge in [-0.25, -0.2) is 4.79 Å². The van der Waals surface area contributed by atoms with Gasteiger partial charge in [-0.05, 0) is 62.4 Å². The number of benzene rings is 1. The Balaban J connectivity index is 1.53. The van der Waals surface area contributed by atoms with Gasteiger partial charge in [-0.15, -0.1) is 0 Å². The lowest BCUT2D eigenvalue weighted by molar-refractivity contribution is 0.218. The number of nitrogens with zero attached hydrogens (tertiary/aromatic N) is 6. The summed E-state index contributed by atoms with van der Waals surface area (Å²) in [6, 6.07) is 8.70. The minimum atomic E-state index is -0.283. The molecule has 1 atom stereocenters. The third-order valence-corrected chi connectivity index (χ3v) is 7.60. The Morgan fingerprint density at radius 3 is 2.46 bits per heavy atom. The molecule has 1 saturated heterocycles. The van der Waals surface area contributed by atoms with E-state index in [1.54, 1.807) is 11.6 Å². The molecule has 0 amide bonds. The molecule has 1 aromatic carbocycles. The number of rotatable bonds is 7. The summed E-state index contributed by atoms with van der Waals surface area (Å²) < 4.78 is 5.00. The van der Waals surface area contributed by atoms with Crippen LogP contribution < -0.4 is 16.1 Å². The Bertz CT molecular complexity index is 1300. The summed E-state index contributed by atoms with van der Waals surface area (Å²) in [5.74, 6) is 1.10. The van der Waals surface area contributed by atoms with Crippen LogP contribution in [0.2, 0.25) is 0 Å². The summed E-state index contributed by atoms with van der Waals surface area (Å²) in [7, 11) is 1.73. The molecule has 35 heavy (non-hydrogen) atoms. The highest BCUT2D eigenvalue weighted by molar-refractivity contribution is 5.77. The maximum absolute atomic E-state index is 13.7. The molecule has 8 nitrogen and oxygen atoms in total. The molecule has 3 aromatic rings. The van der Waals surface area contributed by atoms with Crippen LogP contribution in [0.15, 0.2) is 33.9 Å². The smallest absolute Gasteiger partial charge is 0.312 e. The second kappa shape index (κ2) is 10.0. The van der Waals surface area contributed by atoms with Crippen LogP contribution >= 0.6 is 0 Å². The van der Waals surface area contributed by atoms with Gasteiger partial charge in [-0.1, -0.05) is 38.8 Å². The fourth-order valence-corrected chi connectivity index (χ4v) is 5.57. The maximum Gasteiger partial charge on any atom is 0.332 e. The molecule has 188 valence electrons. The third-order valence-electron chi connectivity index (χ3n) is 7.60. The number of piperidine rings is 1. The average molecular weight is 479 g/mol. The molecule has 0 radical (unpaired) electrons. The lowest BCUT2D eigenvalue weighted by atomic mass is 10.1. The van der Waals surface area contributed by atoms with E-state index >= 15 is 0 Å². The van der Waals surface area contributed by atoms with Gasteiger partial charge < -0.3 is 14.4 Å². The number of hydrogen-bond donors (Lipinski definition) is 0. The number of aryl methyl sites for hydroxylation is 2. The highest BCUT2D eigenvalue weighted by atomic mass is 16.2. The lowest BCUT2D eigenvalue weighted by Crippen LogP contribution is -2.43. The van der Waals surface area contributed by atoms with Crippen LogP contribution in [0.3, 0.4) is 0 Å². The van der Waals surface area contributed by atoms with Crippen LogP contribution in [0.25, 0.3) is 11.2 Å². The minimum Gasteiger partial charge on any atom is -0.312 e.